The first-order valence-corrected chi connectivity index (χ1v) is 15.1. The Morgan fingerprint density at radius 1 is 0.690 bits per heavy atom. The Bertz CT molecular complexity index is 420. The molecule has 0 rings (SSSR count). The van der Waals surface area contributed by atoms with Crippen LogP contribution in [0, 0.1) is 0 Å². The molecule has 0 aromatic heterocycles. The third-order valence-electron chi connectivity index (χ3n) is 4.65. The third kappa shape index (κ3) is 19.6. The quantitative estimate of drug-likeness (QED) is 0.100. The van der Waals surface area contributed by atoms with Gasteiger partial charge in [0.15, 0.2) is 0 Å². The maximum absolute atomic E-state index is 11.9. The van der Waals surface area contributed by atoms with Crippen molar-refractivity contribution >= 4 is 82.2 Å². The van der Waals surface area contributed by atoms with Crippen molar-refractivity contribution in [3.63, 3.8) is 0 Å². The summed E-state index contributed by atoms with van der Waals surface area (Å²) < 4.78 is 10.6. The molecule has 0 aliphatic heterocycles. The minimum absolute atomic E-state index is 0.103. The van der Waals surface area contributed by atoms with Crippen molar-refractivity contribution in [1.29, 1.82) is 0 Å². The molecule has 168 valence electrons. The Morgan fingerprint density at radius 3 is 1.38 bits per heavy atom. The van der Waals surface area contributed by atoms with E-state index in [2.05, 4.69) is 39.1 Å². The van der Waals surface area contributed by atoms with Gasteiger partial charge in [0.25, 0.3) is 0 Å². The van der Waals surface area contributed by atoms with Gasteiger partial charge < -0.3 is 0 Å². The summed E-state index contributed by atoms with van der Waals surface area (Å²) in [5, 5.41) is 0. The molecule has 0 N–H and O–H groups in total. The summed E-state index contributed by atoms with van der Waals surface area (Å²) in [6, 6.07) is 0. The molecule has 0 saturated carbocycles. The second kappa shape index (κ2) is 17.8. The minimum atomic E-state index is -0.112. The van der Waals surface area contributed by atoms with Gasteiger partial charge in [0, 0.05) is 0 Å². The fourth-order valence-corrected chi connectivity index (χ4v) is 4.82. The molecule has 0 bridgehead atoms. The monoisotopic (exact) mass is 660 g/mol. The van der Waals surface area contributed by atoms with Crippen LogP contribution in [-0.2, 0) is 19.1 Å². The first-order valence-electron chi connectivity index (χ1n) is 11.0. The molecule has 0 spiro atoms. The zero-order valence-corrected chi connectivity index (χ0v) is 26.7. The van der Waals surface area contributed by atoms with Gasteiger partial charge in [-0.2, -0.15) is 0 Å². The van der Waals surface area contributed by atoms with E-state index in [0.29, 0.717) is 26.1 Å². The number of carbonyl (C=O) groups excluding carboxylic acids is 2. The van der Waals surface area contributed by atoms with Crippen LogP contribution in [0.25, 0.3) is 0 Å². The zero-order chi connectivity index (χ0) is 22.2. The number of ether oxygens (including phenoxy) is 2. The van der Waals surface area contributed by atoms with E-state index < -0.39 is 0 Å². The summed E-state index contributed by atoms with van der Waals surface area (Å²) in [5.74, 6) is -0.224. The Hall–Kier alpha value is 1.24. The number of esters is 2. The van der Waals surface area contributed by atoms with E-state index >= 15 is 0 Å². The van der Waals surface area contributed by atoms with Crippen LogP contribution in [0.2, 0.25) is 0 Å². The van der Waals surface area contributed by atoms with Crippen LogP contribution in [0.3, 0.4) is 0 Å². The second-order valence-corrected chi connectivity index (χ2v) is 18.9. The van der Waals surface area contributed by atoms with E-state index in [-0.39, 0.29) is 17.5 Å². The Kier molecular flexibility index (Phi) is 18.5. The van der Waals surface area contributed by atoms with Crippen molar-refractivity contribution in [1.82, 2.24) is 0 Å². The van der Waals surface area contributed by atoms with Crippen LogP contribution in [0.4, 0.5) is 0 Å². The summed E-state index contributed by atoms with van der Waals surface area (Å²) in [4.78, 5) is 23.7. The van der Waals surface area contributed by atoms with Crippen LogP contribution in [0.1, 0.15) is 97.3 Å². The molecule has 4 radical (unpaired) electrons. The van der Waals surface area contributed by atoms with Crippen molar-refractivity contribution in [3.8, 4) is 0 Å². The number of hydrogen-bond acceptors (Lipinski definition) is 6. The molecule has 29 heavy (non-hydrogen) atoms. The number of thiol groups is 2. The van der Waals surface area contributed by atoms with Crippen LogP contribution in [0.5, 0.6) is 0 Å². The number of rotatable bonds is 18. The molecule has 0 amide bonds. The second-order valence-electron chi connectivity index (χ2n) is 8.00. The molecule has 0 aromatic carbocycles. The fourth-order valence-electron chi connectivity index (χ4n) is 2.73. The van der Waals surface area contributed by atoms with E-state index in [1.807, 2.05) is 0 Å². The van der Waals surface area contributed by atoms with Crippen LogP contribution < -0.4 is 0 Å². The van der Waals surface area contributed by atoms with Crippen molar-refractivity contribution in [2.45, 2.75) is 103 Å². The van der Waals surface area contributed by atoms with Crippen molar-refractivity contribution in [2.24, 2.45) is 0 Å². The van der Waals surface area contributed by atoms with Crippen LogP contribution in [-0.4, -0.2) is 75.7 Å². The van der Waals surface area contributed by atoms with Crippen molar-refractivity contribution in [3.05, 3.63) is 0 Å². The molecule has 0 aromatic rings. The molecule has 8 heteroatoms. The average Bonchev–Trinajstić information content (AvgIpc) is 2.67. The molecule has 2 unspecified atom stereocenters. The average molecular weight is 658 g/mol. The zero-order valence-electron chi connectivity index (χ0n) is 18.3. The van der Waals surface area contributed by atoms with E-state index in [4.69, 9.17) is 9.47 Å². The first kappa shape index (κ1) is 30.2. The van der Waals surface area contributed by atoms with E-state index in [1.54, 1.807) is 0 Å². The van der Waals surface area contributed by atoms with Gasteiger partial charge in [0.2, 0.25) is 0 Å². The molecule has 0 aliphatic rings. The third-order valence-corrected chi connectivity index (χ3v) is 7.96. The van der Waals surface area contributed by atoms with Gasteiger partial charge in [-0.25, -0.2) is 0 Å². The maximum atomic E-state index is 11.9. The molecule has 0 saturated heterocycles. The van der Waals surface area contributed by atoms with E-state index in [1.165, 1.54) is 0 Å². The van der Waals surface area contributed by atoms with Gasteiger partial charge >= 0.3 is 217 Å². The van der Waals surface area contributed by atoms with E-state index in [0.717, 1.165) is 116 Å². The summed E-state index contributed by atoms with van der Waals surface area (Å²) in [6.45, 7) is 5.19. The number of hydrogen-bond donors (Lipinski definition) is 2. The van der Waals surface area contributed by atoms with Crippen LogP contribution >= 0.6 is 25.3 Å². The Balaban J connectivity index is 3.65. The van der Waals surface area contributed by atoms with Gasteiger partial charge in [-0.1, -0.05) is 0 Å². The standard InChI is InChI=1S/C21H38O4S2.2Sn.2H/c1-3-5-12-18(26)16-24-20(22)14-10-8-7-9-11-15-21(23)25-17-19(27)13-6-4-2;;;;/h26-27H,3-17H2,1-2H3;;;;. The van der Waals surface area contributed by atoms with Gasteiger partial charge in [-0.3, -0.25) is 0 Å². The van der Waals surface area contributed by atoms with E-state index in [9.17, 15) is 9.59 Å². The first-order chi connectivity index (χ1) is 13.6. The molecule has 0 aliphatic carbocycles. The molecule has 2 atom stereocenters. The van der Waals surface area contributed by atoms with Gasteiger partial charge in [-0.15, -0.1) is 0 Å². The summed E-state index contributed by atoms with van der Waals surface area (Å²) in [6.07, 6.45) is 12.2. The van der Waals surface area contributed by atoms with Gasteiger partial charge in [0.05, 0.1) is 0 Å². The number of unbranched alkanes of at least 4 members (excludes halogenated alkanes) is 6. The summed E-state index contributed by atoms with van der Waals surface area (Å²) in [5.41, 5.74) is 0. The predicted octanol–water partition coefficient (Wildman–Crippen LogP) is 4.24. The topological polar surface area (TPSA) is 52.6 Å². The van der Waals surface area contributed by atoms with Crippen LogP contribution in [0.15, 0.2) is 0 Å². The molecular formula is C21H40O4S2Sn2. The van der Waals surface area contributed by atoms with Gasteiger partial charge in [0.1, 0.15) is 0 Å². The fraction of sp³-hybridized carbons (Fsp3) is 0.905. The summed E-state index contributed by atoms with van der Waals surface area (Å²) >= 11 is 11.3. The van der Waals surface area contributed by atoms with Crippen molar-refractivity contribution in [2.75, 3.05) is 13.2 Å². The Morgan fingerprint density at radius 2 is 1.03 bits per heavy atom. The molecule has 0 fully saturated rings. The molecule has 0 heterocycles. The van der Waals surface area contributed by atoms with Crippen molar-refractivity contribution < 1.29 is 19.1 Å². The SMILES string of the molecule is CCCC[C](S)([SnH])COC(=O)CCCCCCCC(=O)OC[C](S)([SnH])CCCC. The van der Waals surface area contributed by atoms with Gasteiger partial charge in [-0.05, 0) is 0 Å². The Labute approximate surface area is 215 Å². The number of carbonyl (C=O) groups is 2. The molecular weight excluding hydrogens is 618 g/mol. The summed E-state index contributed by atoms with van der Waals surface area (Å²) in [7, 11) is 0. The normalized spacial score (nSPS) is 15.4. The predicted molar refractivity (Wildman–Crippen MR) is 131 cm³/mol. The molecule has 4 nitrogen and oxygen atoms in total.